The van der Waals surface area contributed by atoms with Gasteiger partial charge < -0.3 is 9.52 Å². The van der Waals surface area contributed by atoms with Crippen molar-refractivity contribution in [1.82, 2.24) is 0 Å². The second-order valence-corrected chi connectivity index (χ2v) is 9.05. The lowest BCUT2D eigenvalue weighted by atomic mass is 9.97. The molecule has 1 heterocycles. The number of hydrogen-bond donors (Lipinski definition) is 1. The van der Waals surface area contributed by atoms with E-state index in [1.807, 2.05) is 60.7 Å². The highest BCUT2D eigenvalue weighted by atomic mass is 79.9. The Balaban J connectivity index is 2.04. The van der Waals surface area contributed by atoms with E-state index in [9.17, 15) is 15.2 Å². The number of halogens is 1. The van der Waals surface area contributed by atoms with E-state index < -0.39 is 5.97 Å². The maximum absolute atomic E-state index is 12.5. The molecule has 1 aromatic heterocycles. The van der Waals surface area contributed by atoms with Gasteiger partial charge in [0.2, 0.25) is 5.55 Å². The molecular formula is C27H17BrN2O3S. The molecule has 0 fully saturated rings. The molecule has 0 saturated heterocycles. The predicted octanol–water partition coefficient (Wildman–Crippen LogP) is 7.00. The van der Waals surface area contributed by atoms with Crippen LogP contribution < -0.4 is 5.55 Å². The van der Waals surface area contributed by atoms with Crippen molar-refractivity contribution < 1.29 is 14.3 Å². The fourth-order valence-electron chi connectivity index (χ4n) is 3.29. The van der Waals surface area contributed by atoms with Crippen LogP contribution in [0.5, 0.6) is 0 Å². The normalized spacial score (nSPS) is 11.1. The molecule has 1 N–H and O–H groups in total. The Morgan fingerprint density at radius 1 is 1.00 bits per heavy atom. The number of benzene rings is 3. The first kappa shape index (κ1) is 23.3. The summed E-state index contributed by atoms with van der Waals surface area (Å²) in [5, 5.41) is 20.5. The van der Waals surface area contributed by atoms with Crippen LogP contribution in [-0.2, 0) is 0 Å². The quantitative estimate of drug-likeness (QED) is 0.291. The van der Waals surface area contributed by atoms with Gasteiger partial charge in [0.25, 0.3) is 0 Å². The van der Waals surface area contributed by atoms with Gasteiger partial charge >= 0.3 is 5.97 Å². The third-order valence-electron chi connectivity index (χ3n) is 4.86. The summed E-state index contributed by atoms with van der Waals surface area (Å²) in [6, 6.07) is 27.8. The summed E-state index contributed by atoms with van der Waals surface area (Å²) in [5.41, 5.74) is 1.66. The van der Waals surface area contributed by atoms with E-state index in [0.717, 1.165) is 14.9 Å². The zero-order valence-corrected chi connectivity index (χ0v) is 20.1. The van der Waals surface area contributed by atoms with Crippen molar-refractivity contribution in [2.75, 3.05) is 0 Å². The number of hydrogen-bond acceptors (Lipinski definition) is 5. The number of aromatic carboxylic acids is 1. The minimum Gasteiger partial charge on any atom is -0.477 e. The zero-order valence-electron chi connectivity index (χ0n) is 17.7. The summed E-state index contributed by atoms with van der Waals surface area (Å²) < 4.78 is 6.82. The van der Waals surface area contributed by atoms with Crippen molar-refractivity contribution >= 4 is 39.4 Å². The van der Waals surface area contributed by atoms with Gasteiger partial charge in [-0.2, -0.15) is 5.26 Å². The Morgan fingerprint density at radius 2 is 1.62 bits per heavy atom. The summed E-state index contributed by atoms with van der Waals surface area (Å²) >= 11 is 4.63. The van der Waals surface area contributed by atoms with Crippen LogP contribution in [0.25, 0.3) is 16.8 Å². The topological polar surface area (TPSA) is 86.6 Å². The Morgan fingerprint density at radius 3 is 2.21 bits per heavy atom. The first-order valence-corrected chi connectivity index (χ1v) is 11.7. The van der Waals surface area contributed by atoms with E-state index in [1.54, 1.807) is 24.3 Å². The lowest BCUT2D eigenvalue weighted by Crippen LogP contribution is -2.19. The minimum absolute atomic E-state index is 0.123. The maximum Gasteiger partial charge on any atom is 0.341 e. The van der Waals surface area contributed by atoms with Crippen LogP contribution in [0.1, 0.15) is 21.5 Å². The number of rotatable bonds is 6. The molecule has 0 saturated carbocycles. The van der Waals surface area contributed by atoms with Crippen molar-refractivity contribution in [2.45, 2.75) is 9.99 Å². The highest BCUT2D eigenvalue weighted by Crippen LogP contribution is 2.36. The smallest absolute Gasteiger partial charge is 0.341 e. The first-order valence-electron chi connectivity index (χ1n) is 10.1. The number of carboxylic acid groups (broad SMARTS) is 1. The third-order valence-corrected chi connectivity index (χ3v) is 6.37. The summed E-state index contributed by atoms with van der Waals surface area (Å²) in [7, 11) is 0. The summed E-state index contributed by atoms with van der Waals surface area (Å²) in [5.74, 6) is -1.26. The molecule has 34 heavy (non-hydrogen) atoms. The fourth-order valence-corrected chi connectivity index (χ4v) is 4.43. The van der Waals surface area contributed by atoms with Crippen molar-refractivity contribution in [3.63, 3.8) is 0 Å². The van der Waals surface area contributed by atoms with Gasteiger partial charge in [-0.05, 0) is 35.4 Å². The SMILES string of the molecule is C=C(N=c1oc(Sc2ccccc2)c(C#N)c(-c2ccc(Br)cc2)c1C(=O)O)c1ccccc1. The van der Waals surface area contributed by atoms with E-state index in [2.05, 4.69) is 33.6 Å². The summed E-state index contributed by atoms with van der Waals surface area (Å²) in [4.78, 5) is 17.8. The zero-order chi connectivity index (χ0) is 24.1. The number of carbonyl (C=O) groups is 1. The van der Waals surface area contributed by atoms with E-state index >= 15 is 0 Å². The van der Waals surface area contributed by atoms with Crippen molar-refractivity contribution in [3.05, 3.63) is 118 Å². The molecule has 0 aliphatic carbocycles. The van der Waals surface area contributed by atoms with E-state index in [1.165, 1.54) is 11.8 Å². The molecular weight excluding hydrogens is 512 g/mol. The van der Waals surface area contributed by atoms with Gasteiger partial charge in [-0.3, -0.25) is 0 Å². The molecule has 5 nitrogen and oxygen atoms in total. The molecule has 3 aromatic carbocycles. The summed E-state index contributed by atoms with van der Waals surface area (Å²) in [6.07, 6.45) is 0. The highest BCUT2D eigenvalue weighted by Gasteiger charge is 2.25. The van der Waals surface area contributed by atoms with Crippen LogP contribution >= 0.6 is 27.7 Å². The molecule has 0 aliphatic rings. The monoisotopic (exact) mass is 528 g/mol. The van der Waals surface area contributed by atoms with E-state index in [4.69, 9.17) is 4.42 Å². The molecule has 0 radical (unpaired) electrons. The molecule has 0 atom stereocenters. The van der Waals surface area contributed by atoms with Gasteiger partial charge in [-0.15, -0.1) is 0 Å². The van der Waals surface area contributed by atoms with Gasteiger partial charge in [-0.25, -0.2) is 9.79 Å². The van der Waals surface area contributed by atoms with E-state index in [-0.39, 0.29) is 27.3 Å². The second-order valence-electron chi connectivity index (χ2n) is 7.08. The average molecular weight is 529 g/mol. The molecule has 4 aromatic rings. The molecule has 0 bridgehead atoms. The van der Waals surface area contributed by atoms with Crippen LogP contribution in [0.2, 0.25) is 0 Å². The van der Waals surface area contributed by atoms with Crippen LogP contribution in [-0.4, -0.2) is 11.1 Å². The van der Waals surface area contributed by atoms with Gasteiger partial charge in [0.15, 0.2) is 5.09 Å². The van der Waals surface area contributed by atoms with Crippen molar-refractivity contribution in [3.8, 4) is 17.2 Å². The molecule has 166 valence electrons. The number of nitrogens with zero attached hydrogens (tertiary/aromatic N) is 2. The Labute approximate surface area is 208 Å². The highest BCUT2D eigenvalue weighted by molar-refractivity contribution is 9.10. The van der Waals surface area contributed by atoms with Gasteiger partial charge in [0, 0.05) is 14.9 Å². The summed E-state index contributed by atoms with van der Waals surface area (Å²) in [6.45, 7) is 3.99. The number of carboxylic acids is 1. The lowest BCUT2D eigenvalue weighted by molar-refractivity contribution is 0.0691. The van der Waals surface area contributed by atoms with Gasteiger partial charge in [-0.1, -0.05) is 94.9 Å². The fraction of sp³-hybridized carbons (Fsp3) is 0. The molecule has 0 aliphatic heterocycles. The molecule has 0 amide bonds. The largest absolute Gasteiger partial charge is 0.477 e. The average Bonchev–Trinajstić information content (AvgIpc) is 2.85. The Kier molecular flexibility index (Phi) is 7.12. The number of nitriles is 1. The van der Waals surface area contributed by atoms with Gasteiger partial charge in [0.1, 0.15) is 17.2 Å². The van der Waals surface area contributed by atoms with Crippen LogP contribution in [0.15, 0.2) is 115 Å². The lowest BCUT2D eigenvalue weighted by Gasteiger charge is -2.13. The molecule has 0 spiro atoms. The predicted molar refractivity (Wildman–Crippen MR) is 135 cm³/mol. The standard InChI is InChI=1S/C27H17BrN2O3S/c1-17(18-8-4-2-5-9-18)30-25-24(26(31)32)23(19-12-14-20(28)15-13-19)22(16-29)27(33-25)34-21-10-6-3-7-11-21/h2-15H,1H2,(H,31,32). The maximum atomic E-state index is 12.5. The van der Waals surface area contributed by atoms with Crippen molar-refractivity contribution in [1.29, 1.82) is 5.26 Å². The van der Waals surface area contributed by atoms with E-state index in [0.29, 0.717) is 11.3 Å². The van der Waals surface area contributed by atoms with Crippen LogP contribution in [0, 0.1) is 11.3 Å². The first-order chi connectivity index (χ1) is 16.5. The van der Waals surface area contributed by atoms with Crippen LogP contribution in [0.3, 0.4) is 0 Å². The van der Waals surface area contributed by atoms with Gasteiger partial charge in [0.05, 0.1) is 5.70 Å². The van der Waals surface area contributed by atoms with Crippen molar-refractivity contribution in [2.24, 2.45) is 4.99 Å². The van der Waals surface area contributed by atoms with Crippen LogP contribution in [0.4, 0.5) is 0 Å². The molecule has 4 rings (SSSR count). The minimum atomic E-state index is -1.26. The Hall–Kier alpha value is -3.86. The second kappa shape index (κ2) is 10.4. The third kappa shape index (κ3) is 5.04. The molecule has 7 heteroatoms. The molecule has 0 unspecified atom stereocenters. The Bertz CT molecular complexity index is 1470.